The average Bonchev–Trinajstić information content (AvgIpc) is 2.33. The molecule has 0 atom stereocenters. The SMILES string of the molecule is CNc1cc(COC)n(C)c1. The largest absolute Gasteiger partial charge is 0.387 e. The number of ether oxygens (including phenoxy) is 1. The molecule has 0 saturated carbocycles. The molecular weight excluding hydrogens is 140 g/mol. The third-order valence-electron chi connectivity index (χ3n) is 1.69. The van der Waals surface area contributed by atoms with Crippen LogP contribution in [0.1, 0.15) is 5.69 Å². The topological polar surface area (TPSA) is 26.2 Å². The van der Waals surface area contributed by atoms with Gasteiger partial charge < -0.3 is 14.6 Å². The van der Waals surface area contributed by atoms with E-state index in [1.54, 1.807) is 7.11 Å². The van der Waals surface area contributed by atoms with Crippen LogP contribution in [0.2, 0.25) is 0 Å². The second-order valence-electron chi connectivity index (χ2n) is 2.51. The molecule has 1 aromatic heterocycles. The van der Waals surface area contributed by atoms with Crippen molar-refractivity contribution in [3.8, 4) is 0 Å². The second kappa shape index (κ2) is 3.44. The highest BCUT2D eigenvalue weighted by Crippen LogP contribution is 2.11. The summed E-state index contributed by atoms with van der Waals surface area (Å²) in [5, 5.41) is 3.07. The Morgan fingerprint density at radius 1 is 1.64 bits per heavy atom. The Morgan fingerprint density at radius 3 is 2.82 bits per heavy atom. The Labute approximate surface area is 67.0 Å². The van der Waals surface area contributed by atoms with Gasteiger partial charge in [0.15, 0.2) is 0 Å². The van der Waals surface area contributed by atoms with Gasteiger partial charge in [0.1, 0.15) is 0 Å². The lowest BCUT2D eigenvalue weighted by Crippen LogP contribution is -1.95. The van der Waals surface area contributed by atoms with Crippen LogP contribution in [-0.4, -0.2) is 18.7 Å². The summed E-state index contributed by atoms with van der Waals surface area (Å²) in [7, 11) is 5.62. The standard InChI is InChI=1S/C8H14N2O/c1-9-7-4-8(6-11-3)10(2)5-7/h4-5,9H,6H2,1-3H3. The van der Waals surface area contributed by atoms with Crippen LogP contribution in [-0.2, 0) is 18.4 Å². The summed E-state index contributed by atoms with van der Waals surface area (Å²) in [6.45, 7) is 0.665. The highest BCUT2D eigenvalue weighted by atomic mass is 16.5. The summed E-state index contributed by atoms with van der Waals surface area (Å²) >= 11 is 0. The van der Waals surface area contributed by atoms with Crippen molar-refractivity contribution >= 4 is 5.69 Å². The van der Waals surface area contributed by atoms with E-state index in [1.165, 1.54) is 5.69 Å². The molecule has 1 heterocycles. The van der Waals surface area contributed by atoms with Crippen molar-refractivity contribution in [2.24, 2.45) is 7.05 Å². The lowest BCUT2D eigenvalue weighted by atomic mass is 10.4. The first-order chi connectivity index (χ1) is 5.27. The molecule has 0 aliphatic heterocycles. The molecule has 0 aliphatic rings. The van der Waals surface area contributed by atoms with Crippen molar-refractivity contribution in [1.29, 1.82) is 0 Å². The minimum Gasteiger partial charge on any atom is -0.387 e. The number of aryl methyl sites for hydroxylation is 1. The maximum atomic E-state index is 5.02. The highest BCUT2D eigenvalue weighted by Gasteiger charge is 1.99. The van der Waals surface area contributed by atoms with Crippen LogP contribution < -0.4 is 5.32 Å². The third-order valence-corrected chi connectivity index (χ3v) is 1.69. The predicted molar refractivity (Wildman–Crippen MR) is 45.7 cm³/mol. The van der Waals surface area contributed by atoms with Gasteiger partial charge in [0.05, 0.1) is 12.3 Å². The molecule has 0 spiro atoms. The van der Waals surface area contributed by atoms with Gasteiger partial charge in [-0.05, 0) is 6.07 Å². The second-order valence-corrected chi connectivity index (χ2v) is 2.51. The fourth-order valence-electron chi connectivity index (χ4n) is 1.04. The molecular formula is C8H14N2O. The fourth-order valence-corrected chi connectivity index (χ4v) is 1.04. The van der Waals surface area contributed by atoms with Gasteiger partial charge >= 0.3 is 0 Å². The molecule has 1 N–H and O–H groups in total. The zero-order valence-electron chi connectivity index (χ0n) is 7.22. The summed E-state index contributed by atoms with van der Waals surface area (Å²) in [4.78, 5) is 0. The number of rotatable bonds is 3. The Morgan fingerprint density at radius 2 is 2.36 bits per heavy atom. The minimum atomic E-state index is 0.665. The van der Waals surface area contributed by atoms with Crippen molar-refractivity contribution in [2.45, 2.75) is 6.61 Å². The van der Waals surface area contributed by atoms with Crippen molar-refractivity contribution < 1.29 is 4.74 Å². The minimum absolute atomic E-state index is 0.665. The monoisotopic (exact) mass is 154 g/mol. The molecule has 3 nitrogen and oxygen atoms in total. The molecule has 0 fully saturated rings. The van der Waals surface area contributed by atoms with Gasteiger partial charge in [0.2, 0.25) is 0 Å². The predicted octanol–water partition coefficient (Wildman–Crippen LogP) is 1.21. The number of methoxy groups -OCH3 is 1. The first-order valence-corrected chi connectivity index (χ1v) is 3.60. The number of nitrogens with zero attached hydrogens (tertiary/aromatic N) is 1. The Bertz CT molecular complexity index is 230. The Hall–Kier alpha value is -0.960. The summed E-state index contributed by atoms with van der Waals surface area (Å²) in [5.41, 5.74) is 2.30. The van der Waals surface area contributed by atoms with Crippen LogP contribution in [0.15, 0.2) is 12.3 Å². The smallest absolute Gasteiger partial charge is 0.0864 e. The molecule has 0 saturated heterocycles. The maximum Gasteiger partial charge on any atom is 0.0864 e. The van der Waals surface area contributed by atoms with Gasteiger partial charge in [-0.25, -0.2) is 0 Å². The van der Waals surface area contributed by atoms with Gasteiger partial charge in [0.25, 0.3) is 0 Å². The van der Waals surface area contributed by atoms with E-state index in [0.29, 0.717) is 6.61 Å². The van der Waals surface area contributed by atoms with E-state index in [-0.39, 0.29) is 0 Å². The fraction of sp³-hybridized carbons (Fsp3) is 0.500. The van der Waals surface area contributed by atoms with Gasteiger partial charge in [-0.1, -0.05) is 0 Å². The van der Waals surface area contributed by atoms with Crippen LogP contribution >= 0.6 is 0 Å². The van der Waals surface area contributed by atoms with Crippen LogP contribution in [0.25, 0.3) is 0 Å². The molecule has 1 aromatic rings. The van der Waals surface area contributed by atoms with E-state index in [2.05, 4.69) is 16.0 Å². The van der Waals surface area contributed by atoms with Crippen molar-refractivity contribution in [2.75, 3.05) is 19.5 Å². The molecule has 1 rings (SSSR count). The van der Waals surface area contributed by atoms with E-state index < -0.39 is 0 Å². The van der Waals surface area contributed by atoms with E-state index >= 15 is 0 Å². The molecule has 0 amide bonds. The van der Waals surface area contributed by atoms with Crippen LogP contribution in [0, 0.1) is 0 Å². The molecule has 0 aliphatic carbocycles. The maximum absolute atomic E-state index is 5.02. The number of aromatic nitrogens is 1. The lowest BCUT2D eigenvalue weighted by molar-refractivity contribution is 0.179. The van der Waals surface area contributed by atoms with E-state index in [4.69, 9.17) is 4.74 Å². The summed E-state index contributed by atoms with van der Waals surface area (Å²) in [5.74, 6) is 0. The molecule has 62 valence electrons. The Kier molecular flexibility index (Phi) is 2.54. The molecule has 0 radical (unpaired) electrons. The first kappa shape index (κ1) is 8.14. The third kappa shape index (κ3) is 1.74. The van der Waals surface area contributed by atoms with E-state index in [0.717, 1.165) is 5.69 Å². The summed E-state index contributed by atoms with van der Waals surface area (Å²) < 4.78 is 7.07. The zero-order chi connectivity index (χ0) is 8.27. The van der Waals surface area contributed by atoms with E-state index in [9.17, 15) is 0 Å². The van der Waals surface area contributed by atoms with E-state index in [1.807, 2.05) is 20.3 Å². The summed E-state index contributed by atoms with van der Waals surface area (Å²) in [6, 6.07) is 2.07. The highest BCUT2D eigenvalue weighted by molar-refractivity contribution is 5.43. The van der Waals surface area contributed by atoms with Gasteiger partial charge in [-0.3, -0.25) is 0 Å². The normalized spacial score (nSPS) is 10.1. The van der Waals surface area contributed by atoms with Gasteiger partial charge in [-0.2, -0.15) is 0 Å². The molecule has 0 bridgehead atoms. The quantitative estimate of drug-likeness (QED) is 0.708. The van der Waals surface area contributed by atoms with Crippen LogP contribution in [0.3, 0.4) is 0 Å². The molecule has 11 heavy (non-hydrogen) atoms. The van der Waals surface area contributed by atoms with Crippen molar-refractivity contribution in [3.05, 3.63) is 18.0 Å². The van der Waals surface area contributed by atoms with Crippen LogP contribution in [0.5, 0.6) is 0 Å². The summed E-state index contributed by atoms with van der Waals surface area (Å²) in [6.07, 6.45) is 2.04. The van der Waals surface area contributed by atoms with Gasteiger partial charge in [-0.15, -0.1) is 0 Å². The van der Waals surface area contributed by atoms with Gasteiger partial charge in [0, 0.05) is 33.1 Å². The van der Waals surface area contributed by atoms with Crippen molar-refractivity contribution in [3.63, 3.8) is 0 Å². The molecule has 0 aromatic carbocycles. The molecule has 3 heteroatoms. The number of nitrogens with one attached hydrogen (secondary N) is 1. The van der Waals surface area contributed by atoms with Crippen molar-refractivity contribution in [1.82, 2.24) is 4.57 Å². The average molecular weight is 154 g/mol. The number of hydrogen-bond acceptors (Lipinski definition) is 2. The first-order valence-electron chi connectivity index (χ1n) is 3.60. The number of hydrogen-bond donors (Lipinski definition) is 1. The zero-order valence-corrected chi connectivity index (χ0v) is 7.22. The molecule has 0 unspecified atom stereocenters. The van der Waals surface area contributed by atoms with Crippen LogP contribution in [0.4, 0.5) is 5.69 Å². The number of anilines is 1. The Balaban J connectivity index is 2.79. The lowest BCUT2D eigenvalue weighted by Gasteiger charge is -1.98.